The van der Waals surface area contributed by atoms with E-state index in [2.05, 4.69) is 17.1 Å². The zero-order valence-electron chi connectivity index (χ0n) is 9.75. The summed E-state index contributed by atoms with van der Waals surface area (Å²) in [6.07, 6.45) is 0.737. The number of halogens is 1. The first-order valence-corrected chi connectivity index (χ1v) is 5.59. The van der Waals surface area contributed by atoms with Crippen LogP contribution in [0, 0.1) is 0 Å². The van der Waals surface area contributed by atoms with Crippen LogP contribution in [-0.2, 0) is 23.6 Å². The minimum atomic E-state index is -0.219. The standard InChI is InChI=1S/C10H18ClN3O/c1-5-14-8(6-10(2,3)15-4)12-13-9(14)7-11/h5-7H2,1-4H3. The molecule has 0 aliphatic rings. The summed E-state index contributed by atoms with van der Waals surface area (Å²) in [5.74, 6) is 2.15. The van der Waals surface area contributed by atoms with E-state index in [0.29, 0.717) is 5.88 Å². The Balaban J connectivity index is 2.90. The maximum atomic E-state index is 5.77. The van der Waals surface area contributed by atoms with Gasteiger partial charge in [-0.1, -0.05) is 0 Å². The molecule has 0 aromatic carbocycles. The monoisotopic (exact) mass is 231 g/mol. The van der Waals surface area contributed by atoms with Crippen LogP contribution in [0.4, 0.5) is 0 Å². The number of hydrogen-bond donors (Lipinski definition) is 0. The lowest BCUT2D eigenvalue weighted by atomic mass is 10.1. The Bertz CT molecular complexity index is 322. The van der Waals surface area contributed by atoms with Crippen LogP contribution in [0.1, 0.15) is 32.4 Å². The summed E-state index contributed by atoms with van der Waals surface area (Å²) >= 11 is 5.77. The van der Waals surface area contributed by atoms with Gasteiger partial charge in [0.2, 0.25) is 0 Å². The molecule has 1 rings (SSSR count). The second-order valence-corrected chi connectivity index (χ2v) is 4.32. The third-order valence-electron chi connectivity index (χ3n) is 2.48. The molecule has 0 amide bonds. The smallest absolute Gasteiger partial charge is 0.147 e. The fourth-order valence-corrected chi connectivity index (χ4v) is 1.62. The zero-order chi connectivity index (χ0) is 11.5. The lowest BCUT2D eigenvalue weighted by Gasteiger charge is -2.22. The van der Waals surface area contributed by atoms with E-state index in [1.807, 2.05) is 18.4 Å². The average molecular weight is 232 g/mol. The van der Waals surface area contributed by atoms with Gasteiger partial charge in [0, 0.05) is 20.1 Å². The Morgan fingerprint density at radius 2 is 1.93 bits per heavy atom. The first-order chi connectivity index (χ1) is 7.04. The van der Waals surface area contributed by atoms with Gasteiger partial charge in [-0.3, -0.25) is 0 Å². The van der Waals surface area contributed by atoms with Crippen molar-refractivity contribution in [3.8, 4) is 0 Å². The zero-order valence-corrected chi connectivity index (χ0v) is 10.5. The number of hydrogen-bond acceptors (Lipinski definition) is 3. The van der Waals surface area contributed by atoms with Gasteiger partial charge in [0.25, 0.3) is 0 Å². The van der Waals surface area contributed by atoms with Crippen molar-refractivity contribution >= 4 is 11.6 Å². The second kappa shape index (κ2) is 4.94. The van der Waals surface area contributed by atoms with Crippen molar-refractivity contribution in [2.45, 2.75) is 45.2 Å². The van der Waals surface area contributed by atoms with Gasteiger partial charge in [-0.2, -0.15) is 0 Å². The first-order valence-electron chi connectivity index (χ1n) is 5.06. The third-order valence-corrected chi connectivity index (χ3v) is 2.72. The Labute approximate surface area is 95.6 Å². The topological polar surface area (TPSA) is 39.9 Å². The fraction of sp³-hybridized carbons (Fsp3) is 0.800. The summed E-state index contributed by atoms with van der Waals surface area (Å²) < 4.78 is 7.41. The van der Waals surface area contributed by atoms with Crippen LogP contribution in [0.3, 0.4) is 0 Å². The van der Waals surface area contributed by atoms with Crippen LogP contribution in [0.2, 0.25) is 0 Å². The Hall–Kier alpha value is -0.610. The minimum absolute atomic E-state index is 0.219. The number of aromatic nitrogens is 3. The number of nitrogens with zero attached hydrogens (tertiary/aromatic N) is 3. The van der Waals surface area contributed by atoms with E-state index in [1.54, 1.807) is 7.11 Å². The Morgan fingerprint density at radius 3 is 2.40 bits per heavy atom. The van der Waals surface area contributed by atoms with E-state index >= 15 is 0 Å². The van der Waals surface area contributed by atoms with E-state index in [4.69, 9.17) is 16.3 Å². The molecule has 0 aliphatic carbocycles. The lowest BCUT2D eigenvalue weighted by Crippen LogP contribution is -2.27. The molecule has 1 heterocycles. The number of alkyl halides is 1. The Kier molecular flexibility index (Phi) is 4.11. The van der Waals surface area contributed by atoms with Crippen LogP contribution in [-0.4, -0.2) is 27.5 Å². The lowest BCUT2D eigenvalue weighted by molar-refractivity contribution is 0.0208. The molecular formula is C10H18ClN3O. The quantitative estimate of drug-likeness (QED) is 0.728. The molecule has 4 nitrogen and oxygen atoms in total. The normalized spacial score (nSPS) is 12.1. The van der Waals surface area contributed by atoms with Gasteiger partial charge in [0.15, 0.2) is 0 Å². The molecule has 86 valence electrons. The molecule has 0 bridgehead atoms. The van der Waals surface area contributed by atoms with Gasteiger partial charge >= 0.3 is 0 Å². The van der Waals surface area contributed by atoms with Gasteiger partial charge in [-0.25, -0.2) is 0 Å². The molecule has 0 N–H and O–H groups in total. The average Bonchev–Trinajstić information content (AvgIpc) is 2.59. The van der Waals surface area contributed by atoms with Gasteiger partial charge in [0.05, 0.1) is 11.5 Å². The number of methoxy groups -OCH3 is 1. The third kappa shape index (κ3) is 2.92. The molecule has 0 unspecified atom stereocenters. The first kappa shape index (κ1) is 12.5. The second-order valence-electron chi connectivity index (χ2n) is 4.05. The molecule has 0 spiro atoms. The minimum Gasteiger partial charge on any atom is -0.378 e. The van der Waals surface area contributed by atoms with Crippen LogP contribution >= 0.6 is 11.6 Å². The highest BCUT2D eigenvalue weighted by atomic mass is 35.5. The predicted octanol–water partition coefficient (Wildman–Crippen LogP) is 2.00. The number of ether oxygens (including phenoxy) is 1. The molecule has 0 fully saturated rings. The van der Waals surface area contributed by atoms with E-state index in [1.165, 1.54) is 0 Å². The molecule has 0 atom stereocenters. The highest BCUT2D eigenvalue weighted by molar-refractivity contribution is 6.16. The van der Waals surface area contributed by atoms with Crippen LogP contribution in [0.25, 0.3) is 0 Å². The molecule has 0 aliphatic heterocycles. The SMILES string of the molecule is CCn1c(CCl)nnc1CC(C)(C)OC. The van der Waals surface area contributed by atoms with Crippen molar-refractivity contribution in [2.75, 3.05) is 7.11 Å². The van der Waals surface area contributed by atoms with Gasteiger partial charge in [-0.05, 0) is 20.8 Å². The van der Waals surface area contributed by atoms with E-state index in [-0.39, 0.29) is 5.60 Å². The summed E-state index contributed by atoms with van der Waals surface area (Å²) in [7, 11) is 1.70. The summed E-state index contributed by atoms with van der Waals surface area (Å²) in [5.41, 5.74) is -0.219. The fourth-order valence-electron chi connectivity index (χ4n) is 1.42. The van der Waals surface area contributed by atoms with Crippen LogP contribution in [0.5, 0.6) is 0 Å². The molecular weight excluding hydrogens is 214 g/mol. The van der Waals surface area contributed by atoms with Gasteiger partial charge in [-0.15, -0.1) is 21.8 Å². The van der Waals surface area contributed by atoms with Gasteiger partial charge < -0.3 is 9.30 Å². The van der Waals surface area contributed by atoms with Crippen LogP contribution < -0.4 is 0 Å². The molecule has 1 aromatic rings. The maximum absolute atomic E-state index is 5.77. The van der Waals surface area contributed by atoms with Crippen molar-refractivity contribution in [1.29, 1.82) is 0 Å². The van der Waals surface area contributed by atoms with Crippen molar-refractivity contribution in [2.24, 2.45) is 0 Å². The highest BCUT2D eigenvalue weighted by Gasteiger charge is 2.21. The molecule has 5 heteroatoms. The Morgan fingerprint density at radius 1 is 1.33 bits per heavy atom. The molecule has 1 aromatic heterocycles. The van der Waals surface area contributed by atoms with E-state index < -0.39 is 0 Å². The van der Waals surface area contributed by atoms with E-state index in [9.17, 15) is 0 Å². The maximum Gasteiger partial charge on any atom is 0.147 e. The predicted molar refractivity (Wildman–Crippen MR) is 60.0 cm³/mol. The van der Waals surface area contributed by atoms with Crippen molar-refractivity contribution in [3.05, 3.63) is 11.6 Å². The molecule has 0 radical (unpaired) electrons. The number of rotatable bonds is 5. The summed E-state index contributed by atoms with van der Waals surface area (Å²) in [4.78, 5) is 0. The molecule has 0 saturated carbocycles. The van der Waals surface area contributed by atoms with Gasteiger partial charge in [0.1, 0.15) is 11.6 Å². The molecule has 0 saturated heterocycles. The molecule has 15 heavy (non-hydrogen) atoms. The van der Waals surface area contributed by atoms with Crippen molar-refractivity contribution < 1.29 is 4.74 Å². The van der Waals surface area contributed by atoms with Crippen molar-refractivity contribution in [1.82, 2.24) is 14.8 Å². The highest BCUT2D eigenvalue weighted by Crippen LogP contribution is 2.16. The summed E-state index contributed by atoms with van der Waals surface area (Å²) in [5, 5.41) is 8.19. The van der Waals surface area contributed by atoms with Crippen molar-refractivity contribution in [3.63, 3.8) is 0 Å². The summed E-state index contributed by atoms with van der Waals surface area (Å²) in [6, 6.07) is 0. The summed E-state index contributed by atoms with van der Waals surface area (Å²) in [6.45, 7) is 6.96. The van der Waals surface area contributed by atoms with E-state index in [0.717, 1.165) is 24.6 Å². The van der Waals surface area contributed by atoms with Crippen LogP contribution in [0.15, 0.2) is 0 Å². The largest absolute Gasteiger partial charge is 0.378 e.